The first-order valence-electron chi connectivity index (χ1n) is 7.60. The summed E-state index contributed by atoms with van der Waals surface area (Å²) in [7, 11) is 0. The summed E-state index contributed by atoms with van der Waals surface area (Å²) in [5.41, 5.74) is 19.5. The number of anilines is 3. The molecule has 0 spiro atoms. The molecule has 4 rings (SSSR count). The van der Waals surface area contributed by atoms with E-state index in [1.54, 1.807) is 6.07 Å². The van der Waals surface area contributed by atoms with Crippen LogP contribution in [0.2, 0.25) is 0 Å². The van der Waals surface area contributed by atoms with Gasteiger partial charge in [0.1, 0.15) is 11.6 Å². The van der Waals surface area contributed by atoms with Crippen molar-refractivity contribution >= 4 is 17.3 Å². The third kappa shape index (κ3) is 2.75. The predicted molar refractivity (Wildman–Crippen MR) is 93.7 cm³/mol. The minimum atomic E-state index is -0.237. The summed E-state index contributed by atoms with van der Waals surface area (Å²) in [6.07, 6.45) is 0.689. The highest BCUT2D eigenvalue weighted by molar-refractivity contribution is 5.74. The van der Waals surface area contributed by atoms with Crippen LogP contribution < -0.4 is 22.1 Å². The van der Waals surface area contributed by atoms with Crippen molar-refractivity contribution in [2.75, 3.05) is 16.6 Å². The van der Waals surface area contributed by atoms with E-state index in [4.69, 9.17) is 5.73 Å². The molecule has 1 aliphatic heterocycles. The molecule has 24 heavy (non-hydrogen) atoms. The normalized spacial score (nSPS) is 12.4. The SMILES string of the molecule is Nc1cc(Cc2cccc(-c3cccc(F)c3)c2)c2c(n1)NNN2. The van der Waals surface area contributed by atoms with Crippen molar-refractivity contribution < 1.29 is 4.39 Å². The average molecular weight is 321 g/mol. The molecule has 0 amide bonds. The Kier molecular flexibility index (Phi) is 3.51. The number of aromatic nitrogens is 1. The maximum atomic E-state index is 13.5. The highest BCUT2D eigenvalue weighted by Crippen LogP contribution is 2.31. The zero-order valence-corrected chi connectivity index (χ0v) is 12.8. The third-order valence-corrected chi connectivity index (χ3v) is 3.97. The Morgan fingerprint density at radius 3 is 2.58 bits per heavy atom. The number of nitrogens with zero attached hydrogens (tertiary/aromatic N) is 1. The van der Waals surface area contributed by atoms with Gasteiger partial charge in [-0.3, -0.25) is 5.43 Å². The Morgan fingerprint density at radius 2 is 1.75 bits per heavy atom. The monoisotopic (exact) mass is 321 g/mol. The van der Waals surface area contributed by atoms with Crippen LogP contribution in [0.15, 0.2) is 54.6 Å². The summed E-state index contributed by atoms with van der Waals surface area (Å²) >= 11 is 0. The molecule has 0 saturated carbocycles. The Hall–Kier alpha value is -3.12. The summed E-state index contributed by atoms with van der Waals surface area (Å²) in [6, 6.07) is 16.5. The number of nitrogens with one attached hydrogen (secondary N) is 3. The quantitative estimate of drug-likeness (QED) is 0.595. The van der Waals surface area contributed by atoms with E-state index in [0.29, 0.717) is 18.1 Å². The van der Waals surface area contributed by atoms with Crippen molar-refractivity contribution in [2.45, 2.75) is 6.42 Å². The Morgan fingerprint density at radius 1 is 0.958 bits per heavy atom. The predicted octanol–water partition coefficient (Wildman–Crippen LogP) is 3.32. The molecule has 3 aromatic rings. The topological polar surface area (TPSA) is 75.0 Å². The maximum absolute atomic E-state index is 13.5. The van der Waals surface area contributed by atoms with Crippen molar-refractivity contribution in [3.63, 3.8) is 0 Å². The van der Waals surface area contributed by atoms with Crippen molar-refractivity contribution in [3.8, 4) is 11.1 Å². The molecule has 0 bridgehead atoms. The molecule has 0 unspecified atom stereocenters. The largest absolute Gasteiger partial charge is 0.384 e. The highest BCUT2D eigenvalue weighted by atomic mass is 19.1. The highest BCUT2D eigenvalue weighted by Gasteiger charge is 2.16. The van der Waals surface area contributed by atoms with Gasteiger partial charge in [0.25, 0.3) is 0 Å². The molecular weight excluding hydrogens is 305 g/mol. The fourth-order valence-electron chi connectivity index (χ4n) is 2.89. The van der Waals surface area contributed by atoms with Gasteiger partial charge in [0.2, 0.25) is 0 Å². The fourth-order valence-corrected chi connectivity index (χ4v) is 2.89. The van der Waals surface area contributed by atoms with Crippen molar-refractivity contribution in [1.82, 2.24) is 10.5 Å². The molecule has 0 aliphatic carbocycles. The maximum Gasteiger partial charge on any atom is 0.169 e. The van der Waals surface area contributed by atoms with Gasteiger partial charge in [-0.05, 0) is 46.9 Å². The first-order valence-corrected chi connectivity index (χ1v) is 7.60. The summed E-state index contributed by atoms with van der Waals surface area (Å²) in [4.78, 5) is 4.23. The Bertz CT molecular complexity index is 910. The summed E-state index contributed by atoms with van der Waals surface area (Å²) in [6.45, 7) is 0. The van der Waals surface area contributed by atoms with Gasteiger partial charge in [-0.2, -0.15) is 0 Å². The van der Waals surface area contributed by atoms with Crippen LogP contribution in [0.25, 0.3) is 11.1 Å². The summed E-state index contributed by atoms with van der Waals surface area (Å²) < 4.78 is 13.5. The molecule has 6 heteroatoms. The van der Waals surface area contributed by atoms with Gasteiger partial charge >= 0.3 is 0 Å². The number of nitrogens with two attached hydrogens (primary N) is 1. The number of pyridine rings is 1. The van der Waals surface area contributed by atoms with Gasteiger partial charge < -0.3 is 11.2 Å². The van der Waals surface area contributed by atoms with E-state index in [1.807, 2.05) is 30.3 Å². The molecule has 0 saturated heterocycles. The minimum absolute atomic E-state index is 0.237. The lowest BCUT2D eigenvalue weighted by atomic mass is 9.98. The number of hydrazine groups is 2. The Labute approximate surface area is 138 Å². The summed E-state index contributed by atoms with van der Waals surface area (Å²) in [5, 5.41) is 0. The lowest BCUT2D eigenvalue weighted by Gasteiger charge is -2.10. The number of benzene rings is 2. The first-order chi connectivity index (χ1) is 11.7. The van der Waals surface area contributed by atoms with Crippen LogP contribution in [-0.4, -0.2) is 4.98 Å². The van der Waals surface area contributed by atoms with E-state index in [0.717, 1.165) is 27.9 Å². The summed E-state index contributed by atoms with van der Waals surface area (Å²) in [5.74, 6) is 0.910. The molecule has 1 aromatic heterocycles. The molecule has 2 aromatic carbocycles. The number of halogens is 1. The van der Waals surface area contributed by atoms with E-state index in [2.05, 4.69) is 27.4 Å². The van der Waals surface area contributed by atoms with Gasteiger partial charge in [-0.15, -0.1) is 5.53 Å². The van der Waals surface area contributed by atoms with Gasteiger partial charge in [0, 0.05) is 0 Å². The number of rotatable bonds is 3. The standard InChI is InChI=1S/C18H16FN5/c19-15-6-2-5-13(9-15)12-4-1-3-11(7-12)8-14-10-16(20)21-18-17(14)22-24-23-18/h1-7,9-10,22,24H,8H2,(H3,20,21,23). The van der Waals surface area contributed by atoms with Crippen LogP contribution >= 0.6 is 0 Å². The van der Waals surface area contributed by atoms with E-state index in [9.17, 15) is 4.39 Å². The Balaban J connectivity index is 1.68. The van der Waals surface area contributed by atoms with Gasteiger partial charge in [-0.25, -0.2) is 9.37 Å². The zero-order chi connectivity index (χ0) is 16.5. The van der Waals surface area contributed by atoms with Crippen LogP contribution in [0, 0.1) is 5.82 Å². The lowest BCUT2D eigenvalue weighted by molar-refractivity contribution is 0.628. The molecule has 0 fully saturated rings. The van der Waals surface area contributed by atoms with Gasteiger partial charge in [0.15, 0.2) is 5.82 Å². The number of hydrogen-bond acceptors (Lipinski definition) is 5. The van der Waals surface area contributed by atoms with Crippen molar-refractivity contribution in [2.24, 2.45) is 0 Å². The van der Waals surface area contributed by atoms with E-state index in [1.165, 1.54) is 12.1 Å². The molecule has 1 aliphatic rings. The van der Waals surface area contributed by atoms with Gasteiger partial charge in [-0.1, -0.05) is 36.4 Å². The first kappa shape index (κ1) is 14.5. The van der Waals surface area contributed by atoms with Crippen molar-refractivity contribution in [3.05, 3.63) is 71.5 Å². The van der Waals surface area contributed by atoms with Crippen LogP contribution in [-0.2, 0) is 6.42 Å². The zero-order valence-electron chi connectivity index (χ0n) is 12.8. The van der Waals surface area contributed by atoms with Crippen LogP contribution in [0.5, 0.6) is 0 Å². The molecule has 120 valence electrons. The molecule has 2 heterocycles. The van der Waals surface area contributed by atoms with Crippen LogP contribution in [0.4, 0.5) is 21.7 Å². The second-order valence-corrected chi connectivity index (χ2v) is 5.69. The molecule has 0 atom stereocenters. The molecule has 5 nitrogen and oxygen atoms in total. The molecule has 0 radical (unpaired) electrons. The van der Waals surface area contributed by atoms with E-state index < -0.39 is 0 Å². The molecular formula is C18H16FN5. The van der Waals surface area contributed by atoms with Gasteiger partial charge in [0.05, 0.1) is 5.69 Å². The van der Waals surface area contributed by atoms with E-state index >= 15 is 0 Å². The molecule has 5 N–H and O–H groups in total. The smallest absolute Gasteiger partial charge is 0.169 e. The average Bonchev–Trinajstić information content (AvgIpc) is 3.03. The fraction of sp³-hybridized carbons (Fsp3) is 0.0556. The van der Waals surface area contributed by atoms with Crippen LogP contribution in [0.3, 0.4) is 0 Å². The minimum Gasteiger partial charge on any atom is -0.384 e. The van der Waals surface area contributed by atoms with Crippen molar-refractivity contribution in [1.29, 1.82) is 0 Å². The number of nitrogen functional groups attached to an aromatic ring is 1. The van der Waals surface area contributed by atoms with Crippen LogP contribution in [0.1, 0.15) is 11.1 Å². The number of hydrogen-bond donors (Lipinski definition) is 4. The lowest BCUT2D eigenvalue weighted by Crippen LogP contribution is -2.19. The second kappa shape index (κ2) is 5.82. The third-order valence-electron chi connectivity index (χ3n) is 3.97. The number of fused-ring (bicyclic) bond motifs is 1. The second-order valence-electron chi connectivity index (χ2n) is 5.69. The van der Waals surface area contributed by atoms with E-state index in [-0.39, 0.29) is 5.82 Å².